The van der Waals surface area contributed by atoms with Gasteiger partial charge in [0.05, 0.1) is 12.7 Å². The van der Waals surface area contributed by atoms with Crippen LogP contribution in [0.4, 0.5) is 0 Å². The largest absolute Gasteiger partial charge is 0.475 e. The number of nitrogens with one attached hydrogen (secondary N) is 1. The highest BCUT2D eigenvalue weighted by atomic mass is 31.2. The van der Waals surface area contributed by atoms with E-state index in [4.69, 9.17) is 23.8 Å². The molecule has 2 saturated heterocycles. The summed E-state index contributed by atoms with van der Waals surface area (Å²) in [6.45, 7) is 4.70. The van der Waals surface area contributed by atoms with Gasteiger partial charge in [-0.2, -0.15) is 0 Å². The number of H-pyrrole nitrogens is 1. The molecule has 2 aliphatic heterocycles. The molecule has 13 heteroatoms. The van der Waals surface area contributed by atoms with Crippen LogP contribution in [-0.4, -0.2) is 40.0 Å². The number of aromatic amines is 1. The minimum Gasteiger partial charge on any atom is -0.349 e. The molecule has 2 unspecified atom stereocenters. The monoisotopic (exact) mass is 387 g/mol. The lowest BCUT2D eigenvalue weighted by Gasteiger charge is -2.35. The Morgan fingerprint density at radius 2 is 2.27 bits per heavy atom. The number of phosphoric ester groups is 1. The Morgan fingerprint density at radius 3 is 2.88 bits per heavy atom. The Labute approximate surface area is 147 Å². The molecule has 0 amide bonds. The average molecular weight is 387 g/mol. The molecule has 1 aromatic heterocycles. The maximum Gasteiger partial charge on any atom is 0.475 e. The van der Waals surface area contributed by atoms with Crippen molar-refractivity contribution < 1.29 is 22.9 Å². The third-order valence-electron chi connectivity index (χ3n) is 4.06. The average Bonchev–Trinajstić information content (AvgIpc) is 2.79. The van der Waals surface area contributed by atoms with E-state index in [9.17, 15) is 14.2 Å². The van der Waals surface area contributed by atoms with Crippen molar-refractivity contribution in [3.8, 4) is 0 Å². The van der Waals surface area contributed by atoms with Crippen LogP contribution in [-0.2, 0) is 22.9 Å². The summed E-state index contributed by atoms with van der Waals surface area (Å²) in [4.78, 5) is 28.4. The molecule has 1 aromatic rings. The maximum absolute atomic E-state index is 12.7. The van der Waals surface area contributed by atoms with Gasteiger partial charge in [-0.15, -0.1) is 0 Å². The van der Waals surface area contributed by atoms with Gasteiger partial charge in [-0.05, 0) is 26.3 Å². The number of phosphoric acid groups is 1. The summed E-state index contributed by atoms with van der Waals surface area (Å²) in [6, 6.07) is 1.13. The van der Waals surface area contributed by atoms with Crippen molar-refractivity contribution in [1.82, 2.24) is 9.55 Å². The molecule has 5 atom stereocenters. The van der Waals surface area contributed by atoms with E-state index in [0.717, 1.165) is 10.6 Å². The molecule has 0 saturated carbocycles. The SMILES string of the molecule is CC(C)OP1(=O)OC[C@H]2OC(n3ccc(=O)[nH]c3=O)[C@](C)(N=[N+]=[N-])[C@@H]2O1. The van der Waals surface area contributed by atoms with Gasteiger partial charge in [0.25, 0.3) is 5.56 Å². The molecule has 2 aliphatic rings. The first kappa shape index (κ1) is 18.8. The standard InChI is InChI=1S/C13H18N5O7P/c1-7(2)24-26(21)22-6-8-10(25-26)13(3,16-17-14)11(23-8)18-5-4-9(19)15-12(18)20/h4-5,7-8,10-11H,6H2,1-3H3,(H,15,19,20)/t8-,10-,11?,13-,26?/m1/s1. The van der Waals surface area contributed by atoms with E-state index < -0.39 is 49.2 Å². The quantitative estimate of drug-likeness (QED) is 0.354. The van der Waals surface area contributed by atoms with Crippen LogP contribution in [0, 0.1) is 0 Å². The van der Waals surface area contributed by atoms with Crippen LogP contribution < -0.4 is 11.2 Å². The first-order valence-electron chi connectivity index (χ1n) is 7.83. The van der Waals surface area contributed by atoms with Crippen molar-refractivity contribution in [2.45, 2.75) is 50.8 Å². The van der Waals surface area contributed by atoms with E-state index in [-0.39, 0.29) is 6.61 Å². The van der Waals surface area contributed by atoms with Crippen molar-refractivity contribution in [3.05, 3.63) is 43.5 Å². The zero-order valence-corrected chi connectivity index (χ0v) is 15.2. The fourth-order valence-electron chi connectivity index (χ4n) is 3.00. The summed E-state index contributed by atoms with van der Waals surface area (Å²) in [7, 11) is -3.89. The smallest absolute Gasteiger partial charge is 0.349 e. The fourth-order valence-corrected chi connectivity index (χ4v) is 4.65. The predicted molar refractivity (Wildman–Crippen MR) is 87.4 cm³/mol. The van der Waals surface area contributed by atoms with Crippen molar-refractivity contribution in [2.75, 3.05) is 6.61 Å². The van der Waals surface area contributed by atoms with Gasteiger partial charge in [0, 0.05) is 17.2 Å². The molecule has 0 aromatic carbocycles. The Morgan fingerprint density at radius 1 is 1.54 bits per heavy atom. The first-order chi connectivity index (χ1) is 12.2. The third-order valence-corrected chi connectivity index (χ3v) is 5.69. The van der Waals surface area contributed by atoms with Crippen LogP contribution in [0.5, 0.6) is 0 Å². The lowest BCUT2D eigenvalue weighted by molar-refractivity contribution is -0.0749. The molecule has 1 N–H and O–H groups in total. The topological polar surface area (TPSA) is 158 Å². The van der Waals surface area contributed by atoms with Crippen LogP contribution in [0.1, 0.15) is 27.0 Å². The maximum atomic E-state index is 12.7. The summed E-state index contributed by atoms with van der Waals surface area (Å²) in [5.41, 5.74) is 6.23. The highest BCUT2D eigenvalue weighted by molar-refractivity contribution is 7.48. The summed E-state index contributed by atoms with van der Waals surface area (Å²) in [5, 5.41) is 3.75. The van der Waals surface area contributed by atoms with Crippen molar-refractivity contribution in [2.24, 2.45) is 5.11 Å². The molecule has 142 valence electrons. The van der Waals surface area contributed by atoms with E-state index >= 15 is 0 Å². The molecule has 12 nitrogen and oxygen atoms in total. The molecule has 2 fully saturated rings. The van der Waals surface area contributed by atoms with Gasteiger partial charge >= 0.3 is 13.5 Å². The van der Waals surface area contributed by atoms with E-state index in [2.05, 4.69) is 15.0 Å². The van der Waals surface area contributed by atoms with Crippen LogP contribution >= 0.6 is 7.82 Å². The Balaban J connectivity index is 2.02. The third kappa shape index (κ3) is 3.23. The summed E-state index contributed by atoms with van der Waals surface area (Å²) >= 11 is 0. The van der Waals surface area contributed by atoms with Gasteiger partial charge in [-0.3, -0.25) is 27.9 Å². The van der Waals surface area contributed by atoms with Gasteiger partial charge in [0.15, 0.2) is 6.23 Å². The Hall–Kier alpha value is -1.94. The molecule has 26 heavy (non-hydrogen) atoms. The van der Waals surface area contributed by atoms with Gasteiger partial charge in [-0.1, -0.05) is 5.11 Å². The molecule has 0 bridgehead atoms. The Kier molecular flexibility index (Phi) is 4.82. The number of aromatic nitrogens is 2. The van der Waals surface area contributed by atoms with Crippen LogP contribution in [0.3, 0.4) is 0 Å². The fraction of sp³-hybridized carbons (Fsp3) is 0.692. The van der Waals surface area contributed by atoms with Crippen molar-refractivity contribution in [1.29, 1.82) is 0 Å². The van der Waals surface area contributed by atoms with E-state index in [1.165, 1.54) is 13.1 Å². The lowest BCUT2D eigenvalue weighted by atomic mass is 9.93. The van der Waals surface area contributed by atoms with Crippen molar-refractivity contribution >= 4 is 7.82 Å². The normalized spacial score (nSPS) is 36.5. The number of ether oxygens (including phenoxy) is 1. The number of hydrogen-bond acceptors (Lipinski definition) is 8. The summed E-state index contributed by atoms with van der Waals surface area (Å²) in [5.74, 6) is 0. The Bertz CT molecular complexity index is 907. The zero-order chi connectivity index (χ0) is 19.1. The van der Waals surface area contributed by atoms with E-state index in [1.807, 2.05) is 0 Å². The predicted octanol–water partition coefficient (Wildman–Crippen LogP) is 1.45. The second-order valence-electron chi connectivity index (χ2n) is 6.38. The number of hydrogen-bond donors (Lipinski definition) is 1. The number of fused-ring (bicyclic) bond motifs is 1. The number of rotatable bonds is 4. The van der Waals surface area contributed by atoms with E-state index in [0.29, 0.717) is 0 Å². The van der Waals surface area contributed by atoms with Crippen molar-refractivity contribution in [3.63, 3.8) is 0 Å². The van der Waals surface area contributed by atoms with Crippen LogP contribution in [0.15, 0.2) is 27.0 Å². The minimum atomic E-state index is -3.89. The van der Waals surface area contributed by atoms with Crippen LogP contribution in [0.25, 0.3) is 10.4 Å². The van der Waals surface area contributed by atoms with Crippen LogP contribution in [0.2, 0.25) is 0 Å². The number of nitrogens with zero attached hydrogens (tertiary/aromatic N) is 4. The van der Waals surface area contributed by atoms with Gasteiger partial charge < -0.3 is 4.74 Å². The highest BCUT2D eigenvalue weighted by Crippen LogP contribution is 2.59. The molecule has 3 rings (SSSR count). The second-order valence-corrected chi connectivity index (χ2v) is 7.96. The molecule has 0 spiro atoms. The van der Waals surface area contributed by atoms with Gasteiger partial charge in [-0.25, -0.2) is 9.36 Å². The summed E-state index contributed by atoms with van der Waals surface area (Å²) < 4.78 is 35.5. The zero-order valence-electron chi connectivity index (χ0n) is 14.3. The minimum absolute atomic E-state index is 0.139. The second kappa shape index (κ2) is 6.66. The molecular weight excluding hydrogens is 369 g/mol. The number of azide groups is 1. The summed E-state index contributed by atoms with van der Waals surface area (Å²) in [6.07, 6.45) is -2.05. The van der Waals surface area contributed by atoms with E-state index in [1.54, 1.807) is 13.8 Å². The highest BCUT2D eigenvalue weighted by Gasteiger charge is 2.60. The molecule has 0 aliphatic carbocycles. The van der Waals surface area contributed by atoms with Gasteiger partial charge in [0.1, 0.15) is 17.7 Å². The first-order valence-corrected chi connectivity index (χ1v) is 9.29. The molecule has 0 radical (unpaired) electrons. The van der Waals surface area contributed by atoms with Gasteiger partial charge in [0.2, 0.25) is 0 Å². The molecule has 3 heterocycles. The molecular formula is C13H18N5O7P. The lowest BCUT2D eigenvalue weighted by Crippen LogP contribution is -2.48.